The third-order valence-corrected chi connectivity index (χ3v) is 3.20. The lowest BCUT2D eigenvalue weighted by Gasteiger charge is -2.07. The number of fused-ring (bicyclic) bond motifs is 2. The van der Waals surface area contributed by atoms with Crippen LogP contribution in [0.1, 0.15) is 15.9 Å². The third kappa shape index (κ3) is 1.39. The quantitative estimate of drug-likeness (QED) is 0.754. The standard InChI is InChI=1S/C12H9NO2S/c1-7-2-3-9-10(4-7)15-11-6-16-5-8(11)12(14)13-9/h2-6H,1H3,(H,13,14). The molecule has 3 rings (SSSR count). The van der Waals surface area contributed by atoms with Crippen LogP contribution in [0.3, 0.4) is 0 Å². The van der Waals surface area contributed by atoms with Gasteiger partial charge in [-0.25, -0.2) is 0 Å². The van der Waals surface area contributed by atoms with E-state index in [0.29, 0.717) is 17.1 Å². The molecular weight excluding hydrogens is 222 g/mol. The molecule has 2 heterocycles. The van der Waals surface area contributed by atoms with Crippen LogP contribution >= 0.6 is 11.3 Å². The van der Waals surface area contributed by atoms with Crippen LogP contribution in [0.15, 0.2) is 29.0 Å². The van der Waals surface area contributed by atoms with Gasteiger partial charge in [0.25, 0.3) is 5.91 Å². The van der Waals surface area contributed by atoms with Crippen LogP contribution in [-0.2, 0) is 0 Å². The molecule has 1 aromatic heterocycles. The van der Waals surface area contributed by atoms with E-state index >= 15 is 0 Å². The van der Waals surface area contributed by atoms with E-state index in [1.165, 1.54) is 11.3 Å². The van der Waals surface area contributed by atoms with Gasteiger partial charge in [-0.05, 0) is 24.6 Å². The van der Waals surface area contributed by atoms with E-state index in [0.717, 1.165) is 11.3 Å². The van der Waals surface area contributed by atoms with Crippen LogP contribution < -0.4 is 10.1 Å². The van der Waals surface area contributed by atoms with Gasteiger partial charge in [-0.2, -0.15) is 0 Å². The van der Waals surface area contributed by atoms with E-state index in [1.54, 1.807) is 5.38 Å². The molecule has 0 atom stereocenters. The lowest BCUT2D eigenvalue weighted by atomic mass is 10.2. The molecule has 1 aromatic carbocycles. The van der Waals surface area contributed by atoms with Crippen molar-refractivity contribution in [3.8, 4) is 11.5 Å². The van der Waals surface area contributed by atoms with Crippen molar-refractivity contribution in [1.82, 2.24) is 0 Å². The predicted octanol–water partition coefficient (Wildman–Crippen LogP) is 3.41. The van der Waals surface area contributed by atoms with Crippen LogP contribution in [0.2, 0.25) is 0 Å². The number of hydrogen-bond donors (Lipinski definition) is 1. The normalized spacial score (nSPS) is 13.2. The first-order valence-corrected chi connectivity index (χ1v) is 5.84. The lowest BCUT2D eigenvalue weighted by molar-refractivity contribution is 0.102. The van der Waals surface area contributed by atoms with E-state index < -0.39 is 0 Å². The maximum Gasteiger partial charge on any atom is 0.260 e. The predicted molar refractivity (Wildman–Crippen MR) is 63.5 cm³/mol. The number of carbonyl (C=O) groups is 1. The molecule has 0 fully saturated rings. The van der Waals surface area contributed by atoms with Crippen LogP contribution in [0.4, 0.5) is 5.69 Å². The second-order valence-corrected chi connectivity index (χ2v) is 4.45. The summed E-state index contributed by atoms with van der Waals surface area (Å²) in [6.45, 7) is 1.99. The number of benzene rings is 1. The average Bonchev–Trinajstić information content (AvgIpc) is 2.65. The van der Waals surface area contributed by atoms with E-state index in [4.69, 9.17) is 4.74 Å². The zero-order valence-electron chi connectivity index (χ0n) is 8.61. The van der Waals surface area contributed by atoms with Gasteiger partial charge in [0, 0.05) is 10.8 Å². The van der Waals surface area contributed by atoms with Crippen molar-refractivity contribution in [3.05, 3.63) is 40.1 Å². The van der Waals surface area contributed by atoms with Crippen molar-refractivity contribution in [2.45, 2.75) is 6.92 Å². The van der Waals surface area contributed by atoms with E-state index in [9.17, 15) is 4.79 Å². The molecule has 0 bridgehead atoms. The number of carbonyl (C=O) groups excluding carboxylic acids is 1. The van der Waals surface area contributed by atoms with Gasteiger partial charge in [-0.3, -0.25) is 4.79 Å². The molecule has 16 heavy (non-hydrogen) atoms. The molecule has 0 unspecified atom stereocenters. The summed E-state index contributed by atoms with van der Waals surface area (Å²) in [5.74, 6) is 1.22. The van der Waals surface area contributed by atoms with Crippen LogP contribution in [0.25, 0.3) is 0 Å². The van der Waals surface area contributed by atoms with Crippen molar-refractivity contribution in [2.75, 3.05) is 5.32 Å². The molecule has 1 amide bonds. The zero-order chi connectivity index (χ0) is 11.1. The minimum atomic E-state index is -0.112. The van der Waals surface area contributed by atoms with Gasteiger partial charge in [0.1, 0.15) is 0 Å². The zero-order valence-corrected chi connectivity index (χ0v) is 9.43. The fourth-order valence-electron chi connectivity index (χ4n) is 1.66. The van der Waals surface area contributed by atoms with Gasteiger partial charge >= 0.3 is 0 Å². The Labute approximate surface area is 96.7 Å². The number of anilines is 1. The molecule has 80 valence electrons. The highest BCUT2D eigenvalue weighted by Gasteiger charge is 2.21. The summed E-state index contributed by atoms with van der Waals surface area (Å²) in [5, 5.41) is 6.47. The number of amides is 1. The minimum absolute atomic E-state index is 0.112. The average molecular weight is 231 g/mol. The van der Waals surface area contributed by atoms with Crippen molar-refractivity contribution in [2.24, 2.45) is 0 Å². The maximum atomic E-state index is 11.8. The summed E-state index contributed by atoms with van der Waals surface area (Å²) >= 11 is 1.46. The molecule has 3 nitrogen and oxygen atoms in total. The first-order valence-electron chi connectivity index (χ1n) is 4.90. The van der Waals surface area contributed by atoms with Crippen LogP contribution in [0, 0.1) is 6.92 Å². The number of hydrogen-bond acceptors (Lipinski definition) is 3. The first-order chi connectivity index (χ1) is 7.74. The highest BCUT2D eigenvalue weighted by atomic mass is 32.1. The summed E-state index contributed by atoms with van der Waals surface area (Å²) in [7, 11) is 0. The minimum Gasteiger partial charge on any atom is -0.453 e. The van der Waals surface area contributed by atoms with Crippen LogP contribution in [0.5, 0.6) is 11.5 Å². The van der Waals surface area contributed by atoms with Gasteiger partial charge in [0.2, 0.25) is 0 Å². The van der Waals surface area contributed by atoms with Gasteiger partial charge in [-0.1, -0.05) is 6.07 Å². The molecule has 0 saturated carbocycles. The van der Waals surface area contributed by atoms with E-state index in [2.05, 4.69) is 5.32 Å². The van der Waals surface area contributed by atoms with Crippen molar-refractivity contribution in [3.63, 3.8) is 0 Å². The molecule has 0 saturated heterocycles. The molecule has 1 N–H and O–H groups in total. The largest absolute Gasteiger partial charge is 0.453 e. The SMILES string of the molecule is Cc1ccc2c(c1)Oc1cscc1C(=O)N2. The Morgan fingerprint density at radius 3 is 3.00 bits per heavy atom. The molecule has 0 radical (unpaired) electrons. The van der Waals surface area contributed by atoms with Crippen molar-refractivity contribution < 1.29 is 9.53 Å². The number of nitrogens with one attached hydrogen (secondary N) is 1. The Kier molecular flexibility index (Phi) is 1.97. The highest BCUT2D eigenvalue weighted by molar-refractivity contribution is 7.08. The second-order valence-electron chi connectivity index (χ2n) is 3.71. The Morgan fingerprint density at radius 1 is 1.25 bits per heavy atom. The van der Waals surface area contributed by atoms with Gasteiger partial charge in [0.15, 0.2) is 11.5 Å². The molecule has 4 heteroatoms. The fraction of sp³-hybridized carbons (Fsp3) is 0.0833. The Morgan fingerprint density at radius 2 is 2.12 bits per heavy atom. The molecule has 2 aromatic rings. The van der Waals surface area contributed by atoms with Crippen LogP contribution in [-0.4, -0.2) is 5.91 Å². The molecule has 1 aliphatic heterocycles. The summed E-state index contributed by atoms with van der Waals surface area (Å²) in [6.07, 6.45) is 0. The van der Waals surface area contributed by atoms with Gasteiger partial charge in [0.05, 0.1) is 11.3 Å². The Balaban J connectivity index is 2.17. The van der Waals surface area contributed by atoms with E-state index in [1.807, 2.05) is 30.5 Å². The van der Waals surface area contributed by atoms with Crippen molar-refractivity contribution in [1.29, 1.82) is 0 Å². The summed E-state index contributed by atoms with van der Waals surface area (Å²) < 4.78 is 5.72. The first kappa shape index (κ1) is 9.42. The number of ether oxygens (including phenoxy) is 1. The topological polar surface area (TPSA) is 38.3 Å². The summed E-state index contributed by atoms with van der Waals surface area (Å²) in [6, 6.07) is 5.72. The Hall–Kier alpha value is -1.81. The third-order valence-electron chi connectivity index (χ3n) is 2.48. The second kappa shape index (κ2) is 3.35. The monoisotopic (exact) mass is 231 g/mol. The maximum absolute atomic E-state index is 11.8. The summed E-state index contributed by atoms with van der Waals surface area (Å²) in [5.41, 5.74) is 2.42. The lowest BCUT2D eigenvalue weighted by Crippen LogP contribution is -2.09. The smallest absolute Gasteiger partial charge is 0.260 e. The number of rotatable bonds is 0. The number of aryl methyl sites for hydroxylation is 1. The number of thiophene rings is 1. The van der Waals surface area contributed by atoms with E-state index in [-0.39, 0.29) is 5.91 Å². The molecule has 0 spiro atoms. The van der Waals surface area contributed by atoms with Crippen molar-refractivity contribution >= 4 is 22.9 Å². The molecule has 1 aliphatic rings. The summed E-state index contributed by atoms with van der Waals surface area (Å²) in [4.78, 5) is 11.8. The van der Waals surface area contributed by atoms with Gasteiger partial charge < -0.3 is 10.1 Å². The Bertz CT molecular complexity index is 574. The van der Waals surface area contributed by atoms with Gasteiger partial charge in [-0.15, -0.1) is 11.3 Å². The molecular formula is C12H9NO2S. The fourth-order valence-corrected chi connectivity index (χ4v) is 2.38. The highest BCUT2D eigenvalue weighted by Crippen LogP contribution is 2.37. The molecule has 0 aliphatic carbocycles.